The van der Waals surface area contributed by atoms with E-state index in [0.29, 0.717) is 18.4 Å². The largest absolute Gasteiger partial charge is 0.409 e. The maximum atomic E-state index is 13.0. The van der Waals surface area contributed by atoms with Gasteiger partial charge in [0.05, 0.1) is 5.92 Å². The first-order valence-corrected chi connectivity index (χ1v) is 6.68. The molecule has 116 valence electrons. The van der Waals surface area contributed by atoms with Crippen LogP contribution in [0.5, 0.6) is 0 Å². The molecule has 1 atom stereocenters. The summed E-state index contributed by atoms with van der Waals surface area (Å²) in [6.45, 7) is 2.08. The van der Waals surface area contributed by atoms with E-state index in [0.717, 1.165) is 6.07 Å². The number of hydrogen-bond donors (Lipinski definition) is 3. The van der Waals surface area contributed by atoms with E-state index < -0.39 is 17.6 Å². The summed E-state index contributed by atoms with van der Waals surface area (Å²) in [7, 11) is 0. The molecule has 21 heavy (non-hydrogen) atoms. The van der Waals surface area contributed by atoms with E-state index in [2.05, 4.69) is 10.5 Å². The molecule has 0 aromatic heterocycles. The zero-order valence-electron chi connectivity index (χ0n) is 11.8. The van der Waals surface area contributed by atoms with Crippen LogP contribution in [-0.2, 0) is 11.2 Å². The van der Waals surface area contributed by atoms with Gasteiger partial charge in [0.2, 0.25) is 5.91 Å². The molecule has 0 aliphatic heterocycles. The fourth-order valence-corrected chi connectivity index (χ4v) is 1.98. The minimum Gasteiger partial charge on any atom is -0.409 e. The first-order valence-electron chi connectivity index (χ1n) is 6.68. The number of halogens is 2. The molecule has 1 amide bonds. The lowest BCUT2D eigenvalue weighted by Gasteiger charge is -2.14. The van der Waals surface area contributed by atoms with Gasteiger partial charge in [-0.3, -0.25) is 4.79 Å². The molecule has 7 heteroatoms. The lowest BCUT2D eigenvalue weighted by atomic mass is 10.0. The Labute approximate surface area is 121 Å². The van der Waals surface area contributed by atoms with Crippen molar-refractivity contribution in [3.63, 3.8) is 0 Å². The topological polar surface area (TPSA) is 87.7 Å². The molecule has 0 saturated heterocycles. The van der Waals surface area contributed by atoms with Crippen LogP contribution in [-0.4, -0.2) is 23.5 Å². The number of nitrogens with zero attached hydrogens (tertiary/aromatic N) is 1. The van der Waals surface area contributed by atoms with Gasteiger partial charge in [-0.25, -0.2) is 8.78 Å². The second-order valence-corrected chi connectivity index (χ2v) is 4.68. The number of hydrogen-bond acceptors (Lipinski definition) is 3. The van der Waals surface area contributed by atoms with Crippen LogP contribution in [0, 0.1) is 17.6 Å². The fraction of sp³-hybridized carbons (Fsp3) is 0.429. The van der Waals surface area contributed by atoms with E-state index in [-0.39, 0.29) is 24.7 Å². The summed E-state index contributed by atoms with van der Waals surface area (Å²) in [5, 5.41) is 14.1. The Kier molecular flexibility index (Phi) is 6.58. The van der Waals surface area contributed by atoms with E-state index in [1.54, 1.807) is 0 Å². The molecule has 0 aliphatic carbocycles. The van der Waals surface area contributed by atoms with E-state index in [4.69, 9.17) is 10.9 Å². The number of nitrogens with two attached hydrogens (primary N) is 1. The summed E-state index contributed by atoms with van der Waals surface area (Å²) in [5.74, 6) is -2.53. The number of amides is 1. The van der Waals surface area contributed by atoms with Gasteiger partial charge in [-0.05, 0) is 30.5 Å². The van der Waals surface area contributed by atoms with Crippen LogP contribution >= 0.6 is 0 Å². The highest BCUT2D eigenvalue weighted by Gasteiger charge is 2.21. The van der Waals surface area contributed by atoms with Crippen LogP contribution in [0.25, 0.3) is 0 Å². The number of benzene rings is 1. The summed E-state index contributed by atoms with van der Waals surface area (Å²) in [6, 6.07) is 3.21. The Hall–Kier alpha value is -2.18. The van der Waals surface area contributed by atoms with Crippen molar-refractivity contribution >= 4 is 11.7 Å². The molecule has 0 bridgehead atoms. The van der Waals surface area contributed by atoms with E-state index >= 15 is 0 Å². The summed E-state index contributed by atoms with van der Waals surface area (Å²) in [5.41, 5.74) is 5.91. The average Bonchev–Trinajstić information content (AvgIpc) is 2.42. The number of carbonyl (C=O) groups excluding carboxylic acids is 1. The minimum absolute atomic E-state index is 0.147. The predicted molar refractivity (Wildman–Crippen MR) is 74.9 cm³/mol. The molecule has 0 fully saturated rings. The lowest BCUT2D eigenvalue weighted by Crippen LogP contribution is -2.39. The number of nitrogens with one attached hydrogen (secondary N) is 1. The molecule has 1 aromatic carbocycles. The Balaban J connectivity index is 2.55. The molecular weight excluding hydrogens is 280 g/mol. The lowest BCUT2D eigenvalue weighted by molar-refractivity contribution is -0.123. The molecule has 0 radical (unpaired) electrons. The Morgan fingerprint density at radius 3 is 2.52 bits per heavy atom. The van der Waals surface area contributed by atoms with E-state index in [9.17, 15) is 13.6 Å². The second-order valence-electron chi connectivity index (χ2n) is 4.68. The first-order chi connectivity index (χ1) is 9.97. The third-order valence-corrected chi connectivity index (χ3v) is 3.00. The second kappa shape index (κ2) is 8.18. The molecule has 0 spiro atoms. The Morgan fingerprint density at radius 1 is 1.38 bits per heavy atom. The Morgan fingerprint density at radius 2 is 2.00 bits per heavy atom. The molecule has 0 saturated carbocycles. The van der Waals surface area contributed by atoms with Gasteiger partial charge >= 0.3 is 0 Å². The van der Waals surface area contributed by atoms with Crippen molar-refractivity contribution in [2.45, 2.75) is 26.2 Å². The summed E-state index contributed by atoms with van der Waals surface area (Å²) < 4.78 is 26.0. The van der Waals surface area contributed by atoms with Gasteiger partial charge in [0, 0.05) is 12.6 Å². The number of rotatable bonds is 7. The molecule has 1 aromatic rings. The number of carbonyl (C=O) groups is 1. The standard InChI is InChI=1S/C14H19F2N3O2/c1-2-3-12(13(17)19-21)14(20)18-5-4-9-6-10(15)8-11(16)7-9/h6-8,12,21H,2-5H2,1H3,(H2,17,19)(H,18,20). The molecular formula is C14H19F2N3O2. The third kappa shape index (κ3) is 5.37. The van der Waals surface area contributed by atoms with Crippen LogP contribution in [0.2, 0.25) is 0 Å². The van der Waals surface area contributed by atoms with E-state index in [1.165, 1.54) is 12.1 Å². The summed E-state index contributed by atoms with van der Waals surface area (Å²) in [6.07, 6.45) is 1.44. The monoisotopic (exact) mass is 299 g/mol. The number of oxime groups is 1. The average molecular weight is 299 g/mol. The first kappa shape index (κ1) is 16.9. The molecule has 0 heterocycles. The van der Waals surface area contributed by atoms with Crippen molar-refractivity contribution in [1.82, 2.24) is 5.32 Å². The SMILES string of the molecule is CCCC(C(=O)NCCc1cc(F)cc(F)c1)C(N)=NO. The van der Waals surface area contributed by atoms with Crippen LogP contribution in [0.15, 0.2) is 23.4 Å². The van der Waals surface area contributed by atoms with Gasteiger partial charge in [-0.1, -0.05) is 18.5 Å². The van der Waals surface area contributed by atoms with Crippen molar-refractivity contribution < 1.29 is 18.8 Å². The maximum absolute atomic E-state index is 13.0. The highest BCUT2D eigenvalue weighted by molar-refractivity contribution is 6.02. The van der Waals surface area contributed by atoms with Gasteiger partial charge in [0.1, 0.15) is 11.6 Å². The van der Waals surface area contributed by atoms with Crippen LogP contribution in [0.1, 0.15) is 25.3 Å². The smallest absolute Gasteiger partial charge is 0.230 e. The van der Waals surface area contributed by atoms with Gasteiger partial charge < -0.3 is 16.3 Å². The normalized spacial score (nSPS) is 13.0. The van der Waals surface area contributed by atoms with Gasteiger partial charge in [-0.15, -0.1) is 0 Å². The molecule has 4 N–H and O–H groups in total. The van der Waals surface area contributed by atoms with Crippen LogP contribution < -0.4 is 11.1 Å². The van der Waals surface area contributed by atoms with Crippen molar-refractivity contribution in [3.8, 4) is 0 Å². The quantitative estimate of drug-likeness (QED) is 0.310. The molecule has 5 nitrogen and oxygen atoms in total. The van der Waals surface area contributed by atoms with Crippen LogP contribution in [0.3, 0.4) is 0 Å². The fourth-order valence-electron chi connectivity index (χ4n) is 1.98. The minimum atomic E-state index is -0.704. The van der Waals surface area contributed by atoms with Crippen molar-refractivity contribution in [3.05, 3.63) is 35.4 Å². The highest BCUT2D eigenvalue weighted by Crippen LogP contribution is 2.09. The highest BCUT2D eigenvalue weighted by atomic mass is 19.1. The van der Waals surface area contributed by atoms with E-state index in [1.807, 2.05) is 6.92 Å². The summed E-state index contributed by atoms with van der Waals surface area (Å²) in [4.78, 5) is 11.9. The van der Waals surface area contributed by atoms with Gasteiger partial charge in [0.15, 0.2) is 5.84 Å². The van der Waals surface area contributed by atoms with Crippen molar-refractivity contribution in [2.24, 2.45) is 16.8 Å². The number of amidine groups is 1. The third-order valence-electron chi connectivity index (χ3n) is 3.00. The zero-order chi connectivity index (χ0) is 15.8. The Bertz CT molecular complexity index is 501. The molecule has 1 unspecified atom stereocenters. The van der Waals surface area contributed by atoms with Gasteiger partial charge in [0.25, 0.3) is 0 Å². The van der Waals surface area contributed by atoms with Gasteiger partial charge in [-0.2, -0.15) is 0 Å². The zero-order valence-corrected chi connectivity index (χ0v) is 11.8. The summed E-state index contributed by atoms with van der Waals surface area (Å²) >= 11 is 0. The predicted octanol–water partition coefficient (Wildman–Crippen LogP) is 1.79. The van der Waals surface area contributed by atoms with Crippen molar-refractivity contribution in [1.29, 1.82) is 0 Å². The van der Waals surface area contributed by atoms with Crippen molar-refractivity contribution in [2.75, 3.05) is 6.54 Å². The maximum Gasteiger partial charge on any atom is 0.230 e. The van der Waals surface area contributed by atoms with Crippen LogP contribution in [0.4, 0.5) is 8.78 Å². The molecule has 1 rings (SSSR count). The molecule has 0 aliphatic rings.